The molecule has 0 aliphatic heterocycles. The van der Waals surface area contributed by atoms with Crippen molar-refractivity contribution in [3.63, 3.8) is 0 Å². The van der Waals surface area contributed by atoms with E-state index in [0.29, 0.717) is 22.3 Å². The SMILES string of the molecule is COC(=O)c1ccc(COc2cccc(-c3ccnc4c(C(F)(F)F)cccc34)c2)cc1. The minimum absolute atomic E-state index is 0.0884. The fourth-order valence-electron chi connectivity index (χ4n) is 3.43. The van der Waals surface area contributed by atoms with E-state index in [0.717, 1.165) is 17.2 Å². The Morgan fingerprint density at radius 1 is 0.969 bits per heavy atom. The first-order chi connectivity index (χ1) is 15.4. The number of ether oxygens (including phenoxy) is 2. The molecule has 0 saturated heterocycles. The topological polar surface area (TPSA) is 48.4 Å². The van der Waals surface area contributed by atoms with Crippen molar-refractivity contribution in [2.24, 2.45) is 0 Å². The summed E-state index contributed by atoms with van der Waals surface area (Å²) in [6, 6.07) is 19.7. The van der Waals surface area contributed by atoms with Crippen LogP contribution in [0.25, 0.3) is 22.0 Å². The molecule has 7 heteroatoms. The molecule has 0 saturated carbocycles. The van der Waals surface area contributed by atoms with Gasteiger partial charge < -0.3 is 9.47 Å². The number of benzene rings is 3. The van der Waals surface area contributed by atoms with E-state index in [2.05, 4.69) is 9.72 Å². The fourth-order valence-corrected chi connectivity index (χ4v) is 3.43. The fraction of sp³-hybridized carbons (Fsp3) is 0.120. The number of nitrogens with zero attached hydrogens (tertiary/aromatic N) is 1. The van der Waals surface area contributed by atoms with Crippen LogP contribution < -0.4 is 4.74 Å². The first kappa shape index (κ1) is 21.4. The highest BCUT2D eigenvalue weighted by atomic mass is 19.4. The van der Waals surface area contributed by atoms with Gasteiger partial charge in [-0.2, -0.15) is 13.2 Å². The van der Waals surface area contributed by atoms with Gasteiger partial charge in [-0.15, -0.1) is 0 Å². The smallest absolute Gasteiger partial charge is 0.418 e. The maximum Gasteiger partial charge on any atom is 0.418 e. The van der Waals surface area contributed by atoms with Gasteiger partial charge in [0.2, 0.25) is 0 Å². The van der Waals surface area contributed by atoms with Crippen LogP contribution in [0.15, 0.2) is 79.0 Å². The van der Waals surface area contributed by atoms with E-state index in [1.54, 1.807) is 54.6 Å². The standard InChI is InChI=1S/C25H18F3NO3/c1-31-24(30)17-10-8-16(9-11-17)15-32-19-5-2-4-18(14-19)20-12-13-29-23-21(20)6-3-7-22(23)25(26,27)28/h2-14H,15H2,1H3. The molecular weight excluding hydrogens is 419 g/mol. The summed E-state index contributed by atoms with van der Waals surface area (Å²) in [4.78, 5) is 15.5. The summed E-state index contributed by atoms with van der Waals surface area (Å²) in [7, 11) is 1.32. The third-order valence-corrected chi connectivity index (χ3v) is 5.00. The first-order valence-corrected chi connectivity index (χ1v) is 9.72. The molecule has 32 heavy (non-hydrogen) atoms. The van der Waals surface area contributed by atoms with E-state index < -0.39 is 17.7 Å². The lowest BCUT2D eigenvalue weighted by Gasteiger charge is -2.13. The molecular formula is C25H18F3NO3. The number of rotatable bonds is 5. The average Bonchev–Trinajstić information content (AvgIpc) is 2.81. The van der Waals surface area contributed by atoms with Crippen LogP contribution in [-0.2, 0) is 17.5 Å². The molecule has 0 atom stereocenters. The summed E-state index contributed by atoms with van der Waals surface area (Å²) < 4.78 is 50.7. The van der Waals surface area contributed by atoms with Crippen LogP contribution in [-0.4, -0.2) is 18.1 Å². The molecule has 0 bridgehead atoms. The van der Waals surface area contributed by atoms with Crippen molar-refractivity contribution in [1.29, 1.82) is 0 Å². The number of carbonyl (C=O) groups is 1. The van der Waals surface area contributed by atoms with E-state index in [-0.39, 0.29) is 12.1 Å². The van der Waals surface area contributed by atoms with Crippen LogP contribution in [0.3, 0.4) is 0 Å². The highest BCUT2D eigenvalue weighted by Crippen LogP contribution is 2.37. The lowest BCUT2D eigenvalue weighted by atomic mass is 9.99. The number of hydrogen-bond donors (Lipinski definition) is 0. The second-order valence-corrected chi connectivity index (χ2v) is 7.06. The molecule has 0 N–H and O–H groups in total. The lowest BCUT2D eigenvalue weighted by Crippen LogP contribution is -2.06. The number of pyridine rings is 1. The Morgan fingerprint density at radius 2 is 1.72 bits per heavy atom. The number of halogens is 3. The number of alkyl halides is 3. The van der Waals surface area contributed by atoms with E-state index in [9.17, 15) is 18.0 Å². The average molecular weight is 437 g/mol. The molecule has 0 fully saturated rings. The molecule has 1 heterocycles. The molecule has 0 radical (unpaired) electrons. The molecule has 3 aromatic carbocycles. The normalized spacial score (nSPS) is 11.4. The molecule has 4 aromatic rings. The summed E-state index contributed by atoms with van der Waals surface area (Å²) >= 11 is 0. The van der Waals surface area contributed by atoms with Crippen LogP contribution >= 0.6 is 0 Å². The molecule has 4 nitrogen and oxygen atoms in total. The van der Waals surface area contributed by atoms with Gasteiger partial charge in [-0.05, 0) is 53.1 Å². The number of aromatic nitrogens is 1. The Hall–Kier alpha value is -3.87. The summed E-state index contributed by atoms with van der Waals surface area (Å²) in [5.74, 6) is 0.153. The zero-order valence-corrected chi connectivity index (χ0v) is 17.0. The number of hydrogen-bond acceptors (Lipinski definition) is 4. The van der Waals surface area contributed by atoms with Crippen LogP contribution in [0.5, 0.6) is 5.75 Å². The second kappa shape index (κ2) is 8.70. The van der Waals surface area contributed by atoms with E-state index in [1.807, 2.05) is 6.07 Å². The van der Waals surface area contributed by atoms with Crippen LogP contribution in [0.4, 0.5) is 13.2 Å². The predicted molar refractivity (Wildman–Crippen MR) is 114 cm³/mol. The highest BCUT2D eigenvalue weighted by molar-refractivity contribution is 5.96. The Balaban J connectivity index is 1.60. The Labute approximate surface area is 182 Å². The van der Waals surface area contributed by atoms with Gasteiger partial charge in [0.1, 0.15) is 12.4 Å². The van der Waals surface area contributed by atoms with Crippen LogP contribution in [0.2, 0.25) is 0 Å². The Bertz CT molecular complexity index is 1270. The van der Waals surface area contributed by atoms with Crippen LogP contribution in [0.1, 0.15) is 21.5 Å². The van der Waals surface area contributed by atoms with Crippen molar-refractivity contribution < 1.29 is 27.4 Å². The van der Waals surface area contributed by atoms with Gasteiger partial charge in [0.05, 0.1) is 23.8 Å². The van der Waals surface area contributed by atoms with Crippen molar-refractivity contribution in [1.82, 2.24) is 4.98 Å². The molecule has 0 aliphatic rings. The van der Waals surface area contributed by atoms with E-state index in [1.165, 1.54) is 19.4 Å². The van der Waals surface area contributed by atoms with Crippen molar-refractivity contribution >= 4 is 16.9 Å². The third-order valence-electron chi connectivity index (χ3n) is 5.00. The van der Waals surface area contributed by atoms with Gasteiger partial charge in [0, 0.05) is 11.6 Å². The van der Waals surface area contributed by atoms with E-state index in [4.69, 9.17) is 4.74 Å². The first-order valence-electron chi connectivity index (χ1n) is 9.72. The van der Waals surface area contributed by atoms with Crippen molar-refractivity contribution in [2.75, 3.05) is 7.11 Å². The second-order valence-electron chi connectivity index (χ2n) is 7.06. The van der Waals surface area contributed by atoms with Gasteiger partial charge in [0.25, 0.3) is 0 Å². The number of carbonyl (C=O) groups excluding carboxylic acids is 1. The van der Waals surface area contributed by atoms with Gasteiger partial charge in [-0.25, -0.2) is 4.79 Å². The number of esters is 1. The molecule has 4 rings (SSSR count). The molecule has 0 unspecified atom stereocenters. The predicted octanol–water partition coefficient (Wildman–Crippen LogP) is 6.29. The minimum atomic E-state index is -4.49. The summed E-state index contributed by atoms with van der Waals surface area (Å²) in [5, 5.41) is 0.415. The monoisotopic (exact) mass is 437 g/mol. The molecule has 0 aliphatic carbocycles. The molecule has 0 spiro atoms. The van der Waals surface area contributed by atoms with E-state index >= 15 is 0 Å². The zero-order chi connectivity index (χ0) is 22.7. The highest BCUT2D eigenvalue weighted by Gasteiger charge is 2.33. The van der Waals surface area contributed by atoms with Gasteiger partial charge >= 0.3 is 12.1 Å². The molecule has 1 aromatic heterocycles. The van der Waals surface area contributed by atoms with Gasteiger partial charge in [0.15, 0.2) is 0 Å². The Kier molecular flexibility index (Phi) is 5.81. The number of fused-ring (bicyclic) bond motifs is 1. The summed E-state index contributed by atoms with van der Waals surface area (Å²) in [5.41, 5.74) is 1.80. The zero-order valence-electron chi connectivity index (χ0n) is 17.0. The Morgan fingerprint density at radius 3 is 2.44 bits per heavy atom. The van der Waals surface area contributed by atoms with Crippen molar-refractivity contribution in [3.05, 3.63) is 95.7 Å². The van der Waals surface area contributed by atoms with Crippen LogP contribution in [0, 0.1) is 0 Å². The minimum Gasteiger partial charge on any atom is -0.489 e. The number of methoxy groups -OCH3 is 1. The molecule has 162 valence electrons. The van der Waals surface area contributed by atoms with Crippen molar-refractivity contribution in [3.8, 4) is 16.9 Å². The maximum absolute atomic E-state index is 13.4. The van der Waals surface area contributed by atoms with Crippen molar-refractivity contribution in [2.45, 2.75) is 12.8 Å². The molecule has 0 amide bonds. The number of para-hydroxylation sites is 1. The lowest BCUT2D eigenvalue weighted by molar-refractivity contribution is -0.136. The maximum atomic E-state index is 13.4. The third kappa shape index (κ3) is 4.42. The summed E-state index contributed by atoms with van der Waals surface area (Å²) in [6.07, 6.45) is -3.11. The van der Waals surface area contributed by atoms with Gasteiger partial charge in [-0.1, -0.05) is 36.4 Å². The van der Waals surface area contributed by atoms with Gasteiger partial charge in [-0.3, -0.25) is 4.98 Å². The largest absolute Gasteiger partial charge is 0.489 e. The quantitative estimate of drug-likeness (QED) is 0.345. The summed E-state index contributed by atoms with van der Waals surface area (Å²) in [6.45, 7) is 0.264.